The molecule has 6 aromatic carbocycles. The third-order valence-corrected chi connectivity index (χ3v) is 17.8. The fraction of sp³-hybridized carbons (Fsp3) is 0.294. The van der Waals surface area contributed by atoms with E-state index in [0.29, 0.717) is 11.1 Å². The van der Waals surface area contributed by atoms with Crippen molar-refractivity contribution in [3.05, 3.63) is 155 Å². The summed E-state index contributed by atoms with van der Waals surface area (Å²) in [7, 11) is -2.13. The van der Waals surface area contributed by atoms with Crippen molar-refractivity contribution in [1.82, 2.24) is 0 Å². The van der Waals surface area contributed by atoms with Crippen molar-refractivity contribution < 1.29 is 4.74 Å². The van der Waals surface area contributed by atoms with Crippen LogP contribution in [0, 0.1) is 0 Å². The third-order valence-electron chi connectivity index (χ3n) is 12.2. The molecule has 0 fully saturated rings. The Bertz CT molecular complexity index is 2210. The minimum absolute atomic E-state index is 0.0687. The number of rotatable bonds is 11. The maximum Gasteiger partial charge on any atom is 0.0751 e. The predicted molar refractivity (Wildman–Crippen MR) is 232 cm³/mol. The van der Waals surface area contributed by atoms with E-state index in [4.69, 9.17) is 4.74 Å². The van der Waals surface area contributed by atoms with Crippen LogP contribution in [0.25, 0.3) is 56.0 Å². The van der Waals surface area contributed by atoms with Crippen molar-refractivity contribution in [2.45, 2.75) is 89.6 Å². The summed E-state index contributed by atoms with van der Waals surface area (Å²) >= 11 is 0. The first-order valence-corrected chi connectivity index (χ1v) is 22.7. The van der Waals surface area contributed by atoms with Crippen LogP contribution in [0.1, 0.15) is 93.6 Å². The van der Waals surface area contributed by atoms with E-state index in [9.17, 15) is 0 Å². The summed E-state index contributed by atoms with van der Waals surface area (Å²) in [5.74, 6) is 0. The summed E-state index contributed by atoms with van der Waals surface area (Å²) in [4.78, 5) is 0. The van der Waals surface area contributed by atoms with Crippen molar-refractivity contribution in [2.75, 3.05) is 6.61 Å². The van der Waals surface area contributed by atoms with Crippen LogP contribution < -0.4 is 0 Å². The van der Waals surface area contributed by atoms with Gasteiger partial charge in [0.15, 0.2) is 0 Å². The Kier molecular flexibility index (Phi) is 9.64. The molecule has 0 spiro atoms. The second-order valence-electron chi connectivity index (χ2n) is 16.9. The molecule has 8 rings (SSSR count). The van der Waals surface area contributed by atoms with Crippen LogP contribution in [0.4, 0.5) is 0 Å². The first-order valence-electron chi connectivity index (χ1n) is 19.9. The molecule has 6 aromatic rings. The van der Waals surface area contributed by atoms with Gasteiger partial charge in [-0.15, -0.1) is 0 Å². The summed E-state index contributed by atoms with van der Waals surface area (Å²) in [6, 6.07) is 46.9. The van der Waals surface area contributed by atoms with Crippen LogP contribution >= 0.6 is 0 Å². The highest BCUT2D eigenvalue weighted by Gasteiger charge is 2.50. The van der Waals surface area contributed by atoms with Gasteiger partial charge in [0, 0.05) is 17.7 Å². The average Bonchev–Trinajstić information content (AvgIpc) is 3.69. The number of unbranched alkanes of at least 4 members (excludes halogenated alkanes) is 3. The standard InChI is InChI=1S/C51H54OSi/c1-35-33-47-43(41-25-15-21-37-19-9-11-23-39(37)41)27-17-29-45(47)49(35)53(6,32-14-8-7-13-31-52-51(3,4)5)50-36(2)34-48-44(28-18-30-46(48)50)42-26-16-22-38-20-10-12-24-40(38)42/h9-12,15-30,33-34,49-50H,7-8,13-14,31-32H2,1-6H3. The van der Waals surface area contributed by atoms with Crippen LogP contribution in [0.5, 0.6) is 0 Å². The minimum atomic E-state index is -2.13. The zero-order chi connectivity index (χ0) is 36.7. The van der Waals surface area contributed by atoms with Crippen LogP contribution in [-0.2, 0) is 4.74 Å². The molecule has 0 aliphatic heterocycles. The molecule has 2 unspecified atom stereocenters. The first kappa shape index (κ1) is 35.5. The van der Waals surface area contributed by atoms with E-state index in [0.717, 1.165) is 13.0 Å². The first-order chi connectivity index (χ1) is 25.6. The Morgan fingerprint density at radius 3 is 1.45 bits per heavy atom. The Balaban J connectivity index is 1.20. The molecule has 2 heteroatoms. The zero-order valence-electron chi connectivity index (χ0n) is 32.5. The molecular weight excluding hydrogens is 657 g/mol. The summed E-state index contributed by atoms with van der Waals surface area (Å²) in [6.45, 7) is 15.0. The molecule has 0 heterocycles. The lowest BCUT2D eigenvalue weighted by atomic mass is 9.93. The highest BCUT2D eigenvalue weighted by atomic mass is 28.3. The fourth-order valence-electron chi connectivity index (χ4n) is 10.0. The Morgan fingerprint density at radius 1 is 0.509 bits per heavy atom. The molecule has 2 atom stereocenters. The third kappa shape index (κ3) is 6.66. The number of allylic oxidation sites excluding steroid dienone is 2. The number of fused-ring (bicyclic) bond motifs is 4. The van der Waals surface area contributed by atoms with E-state index in [-0.39, 0.29) is 5.60 Å². The van der Waals surface area contributed by atoms with Crippen molar-refractivity contribution in [3.63, 3.8) is 0 Å². The number of ether oxygens (including phenoxy) is 1. The maximum absolute atomic E-state index is 6.09. The van der Waals surface area contributed by atoms with E-state index in [2.05, 4.69) is 175 Å². The predicted octanol–water partition coefficient (Wildman–Crippen LogP) is 14.6. The Hall–Kier alpha value is -4.50. The van der Waals surface area contributed by atoms with Crippen LogP contribution in [0.3, 0.4) is 0 Å². The van der Waals surface area contributed by atoms with Crippen molar-refractivity contribution in [2.24, 2.45) is 0 Å². The minimum Gasteiger partial charge on any atom is -0.376 e. The lowest BCUT2D eigenvalue weighted by Gasteiger charge is -2.42. The molecule has 0 bridgehead atoms. The quantitative estimate of drug-likeness (QED) is 0.0961. The molecule has 1 nitrogen and oxygen atoms in total. The van der Waals surface area contributed by atoms with Gasteiger partial charge in [-0.25, -0.2) is 0 Å². The molecule has 0 aromatic heterocycles. The lowest BCUT2D eigenvalue weighted by molar-refractivity contribution is -0.00471. The second kappa shape index (κ2) is 14.4. The van der Waals surface area contributed by atoms with Crippen LogP contribution in [-0.4, -0.2) is 20.3 Å². The second-order valence-corrected chi connectivity index (χ2v) is 21.6. The van der Waals surface area contributed by atoms with Gasteiger partial charge in [0.05, 0.1) is 13.7 Å². The van der Waals surface area contributed by atoms with Gasteiger partial charge in [-0.2, -0.15) is 0 Å². The van der Waals surface area contributed by atoms with E-state index in [1.807, 2.05) is 0 Å². The van der Waals surface area contributed by atoms with Crippen LogP contribution in [0.2, 0.25) is 12.6 Å². The van der Waals surface area contributed by atoms with Crippen molar-refractivity contribution in [3.8, 4) is 22.3 Å². The number of hydrogen-bond acceptors (Lipinski definition) is 1. The molecule has 0 saturated heterocycles. The van der Waals surface area contributed by atoms with Gasteiger partial charge in [0.2, 0.25) is 0 Å². The van der Waals surface area contributed by atoms with E-state index < -0.39 is 8.07 Å². The monoisotopic (exact) mass is 710 g/mol. The molecular formula is C51H54OSi. The number of benzene rings is 6. The van der Waals surface area contributed by atoms with Gasteiger partial charge in [0.1, 0.15) is 0 Å². The zero-order valence-corrected chi connectivity index (χ0v) is 33.5. The largest absolute Gasteiger partial charge is 0.376 e. The maximum atomic E-state index is 6.09. The van der Waals surface area contributed by atoms with Gasteiger partial charge in [-0.3, -0.25) is 0 Å². The molecule has 2 aliphatic rings. The number of hydrogen-bond donors (Lipinski definition) is 0. The Morgan fingerprint density at radius 2 is 0.943 bits per heavy atom. The highest BCUT2D eigenvalue weighted by molar-refractivity contribution is 6.83. The van der Waals surface area contributed by atoms with Crippen molar-refractivity contribution >= 4 is 41.8 Å². The molecule has 0 radical (unpaired) electrons. The molecule has 0 saturated carbocycles. The fourth-order valence-corrected chi connectivity index (χ4v) is 16.1. The van der Waals surface area contributed by atoms with E-state index in [1.54, 1.807) is 22.3 Å². The summed E-state index contributed by atoms with van der Waals surface area (Å²) in [6.07, 6.45) is 10.0. The molecule has 0 amide bonds. The van der Waals surface area contributed by atoms with Crippen molar-refractivity contribution in [1.29, 1.82) is 0 Å². The summed E-state index contributed by atoms with van der Waals surface area (Å²) < 4.78 is 6.09. The summed E-state index contributed by atoms with van der Waals surface area (Å²) in [5, 5.41) is 5.27. The van der Waals surface area contributed by atoms with Gasteiger partial charge < -0.3 is 4.74 Å². The normalized spacial score (nSPS) is 17.8. The van der Waals surface area contributed by atoms with Gasteiger partial charge in [-0.1, -0.05) is 176 Å². The van der Waals surface area contributed by atoms with Gasteiger partial charge >= 0.3 is 0 Å². The molecule has 53 heavy (non-hydrogen) atoms. The smallest absolute Gasteiger partial charge is 0.0751 e. The lowest BCUT2D eigenvalue weighted by Crippen LogP contribution is -2.45. The molecule has 2 aliphatic carbocycles. The average molecular weight is 711 g/mol. The Labute approximate surface area is 318 Å². The van der Waals surface area contributed by atoms with Gasteiger partial charge in [-0.05, 0) is 107 Å². The molecule has 0 N–H and O–H groups in total. The molecule has 268 valence electrons. The summed E-state index contributed by atoms with van der Waals surface area (Å²) in [5.41, 5.74) is 15.3. The topological polar surface area (TPSA) is 9.23 Å². The van der Waals surface area contributed by atoms with Crippen LogP contribution in [0.15, 0.2) is 132 Å². The SMILES string of the molecule is CC1=Cc2c(-c3cccc4ccccc34)cccc2C1[Si](C)(CCCCCCOC(C)(C)C)C1C(C)=Cc2c(-c3cccc4ccccc34)cccc21. The van der Waals surface area contributed by atoms with Gasteiger partial charge in [0.25, 0.3) is 0 Å². The van der Waals surface area contributed by atoms with E-state index in [1.165, 1.54) is 80.2 Å². The highest BCUT2D eigenvalue weighted by Crippen LogP contribution is 2.56. The van der Waals surface area contributed by atoms with E-state index >= 15 is 0 Å².